The minimum absolute atomic E-state index is 0.194. The highest BCUT2D eigenvalue weighted by Gasteiger charge is 2.28. The lowest BCUT2D eigenvalue weighted by Gasteiger charge is -2.11. The molecule has 0 spiro atoms. The number of anilines is 1. The van der Waals surface area contributed by atoms with Crippen LogP contribution in [0.5, 0.6) is 0 Å². The molecule has 0 atom stereocenters. The SMILES string of the molecule is O=C(Nc1ccccc1SCC(F)(F)F)c1cc2ccccc2oc1=O. The summed E-state index contributed by atoms with van der Waals surface area (Å²) in [5.74, 6) is -1.83. The van der Waals surface area contributed by atoms with Crippen LogP contribution in [0, 0.1) is 0 Å². The fraction of sp³-hybridized carbons (Fsp3) is 0.111. The van der Waals surface area contributed by atoms with E-state index in [0.717, 1.165) is 0 Å². The van der Waals surface area contributed by atoms with Gasteiger partial charge in [-0.2, -0.15) is 13.2 Å². The highest BCUT2D eigenvalue weighted by Crippen LogP contribution is 2.32. The number of fused-ring (bicyclic) bond motifs is 1. The number of rotatable bonds is 4. The summed E-state index contributed by atoms with van der Waals surface area (Å²) in [6, 6.07) is 14.2. The lowest BCUT2D eigenvalue weighted by molar-refractivity contribution is -0.105. The largest absolute Gasteiger partial charge is 0.422 e. The van der Waals surface area contributed by atoms with Crippen LogP contribution in [0.4, 0.5) is 18.9 Å². The number of alkyl halides is 3. The van der Waals surface area contributed by atoms with Gasteiger partial charge in [0.05, 0.1) is 11.4 Å². The number of amides is 1. The van der Waals surface area contributed by atoms with Gasteiger partial charge in [-0.25, -0.2) is 4.79 Å². The molecule has 0 aliphatic rings. The number of carbonyl (C=O) groups is 1. The van der Waals surface area contributed by atoms with Crippen LogP contribution in [0.3, 0.4) is 0 Å². The maximum Gasteiger partial charge on any atom is 0.398 e. The highest BCUT2D eigenvalue weighted by molar-refractivity contribution is 7.99. The molecule has 3 aromatic rings. The summed E-state index contributed by atoms with van der Waals surface area (Å²) in [7, 11) is 0. The molecule has 1 aromatic heterocycles. The number of nitrogens with one attached hydrogen (secondary N) is 1. The Morgan fingerprint density at radius 3 is 2.54 bits per heavy atom. The second-order valence-corrected chi connectivity index (χ2v) is 6.36. The van der Waals surface area contributed by atoms with E-state index in [2.05, 4.69) is 5.32 Å². The van der Waals surface area contributed by atoms with Gasteiger partial charge >= 0.3 is 11.8 Å². The lowest BCUT2D eigenvalue weighted by Crippen LogP contribution is -2.21. The molecule has 8 heteroatoms. The zero-order valence-electron chi connectivity index (χ0n) is 13.2. The second-order valence-electron chi connectivity index (χ2n) is 5.34. The van der Waals surface area contributed by atoms with Gasteiger partial charge in [0.2, 0.25) is 0 Å². The van der Waals surface area contributed by atoms with Crippen molar-refractivity contribution in [3.05, 3.63) is 70.6 Å². The van der Waals surface area contributed by atoms with E-state index in [4.69, 9.17) is 4.42 Å². The van der Waals surface area contributed by atoms with Gasteiger partial charge in [0, 0.05) is 10.3 Å². The van der Waals surface area contributed by atoms with Crippen LogP contribution < -0.4 is 10.9 Å². The Morgan fingerprint density at radius 2 is 1.77 bits per heavy atom. The van der Waals surface area contributed by atoms with Crippen molar-refractivity contribution in [2.24, 2.45) is 0 Å². The van der Waals surface area contributed by atoms with Crippen molar-refractivity contribution < 1.29 is 22.4 Å². The molecular formula is C18H12F3NO3S. The molecule has 0 fully saturated rings. The summed E-state index contributed by atoms with van der Waals surface area (Å²) in [6.45, 7) is 0. The maximum absolute atomic E-state index is 12.4. The Balaban J connectivity index is 1.87. The molecule has 4 nitrogen and oxygen atoms in total. The van der Waals surface area contributed by atoms with Gasteiger partial charge in [0.25, 0.3) is 5.91 Å². The van der Waals surface area contributed by atoms with Gasteiger partial charge in [-0.3, -0.25) is 4.79 Å². The molecule has 1 heterocycles. The van der Waals surface area contributed by atoms with E-state index in [1.165, 1.54) is 18.2 Å². The van der Waals surface area contributed by atoms with Gasteiger partial charge in [-0.05, 0) is 24.3 Å². The zero-order valence-corrected chi connectivity index (χ0v) is 14.0. The molecule has 0 aliphatic carbocycles. The summed E-state index contributed by atoms with van der Waals surface area (Å²) in [6.07, 6.45) is -4.33. The molecule has 1 N–H and O–H groups in total. The number of halogens is 3. The van der Waals surface area contributed by atoms with E-state index in [9.17, 15) is 22.8 Å². The van der Waals surface area contributed by atoms with Crippen LogP contribution in [-0.4, -0.2) is 17.8 Å². The average Bonchev–Trinajstić information content (AvgIpc) is 2.59. The molecule has 0 aliphatic heterocycles. The van der Waals surface area contributed by atoms with Crippen LogP contribution >= 0.6 is 11.8 Å². The van der Waals surface area contributed by atoms with E-state index in [0.29, 0.717) is 22.7 Å². The number of hydrogen-bond acceptors (Lipinski definition) is 4. The first-order valence-electron chi connectivity index (χ1n) is 7.46. The monoisotopic (exact) mass is 379 g/mol. The van der Waals surface area contributed by atoms with E-state index < -0.39 is 23.5 Å². The number of para-hydroxylation sites is 2. The van der Waals surface area contributed by atoms with Crippen LogP contribution in [-0.2, 0) is 0 Å². The average molecular weight is 379 g/mol. The summed E-state index contributed by atoms with van der Waals surface area (Å²) in [5.41, 5.74) is -0.504. The molecule has 2 aromatic carbocycles. The third-order valence-electron chi connectivity index (χ3n) is 3.41. The fourth-order valence-corrected chi connectivity index (χ4v) is 3.03. The number of carbonyl (C=O) groups excluding carboxylic acids is 1. The molecule has 134 valence electrons. The quantitative estimate of drug-likeness (QED) is 0.527. The first kappa shape index (κ1) is 18.1. The van der Waals surface area contributed by atoms with Gasteiger partial charge in [-0.1, -0.05) is 30.3 Å². The molecule has 0 unspecified atom stereocenters. The molecule has 0 radical (unpaired) electrons. The van der Waals surface area contributed by atoms with Gasteiger partial charge in [0.1, 0.15) is 11.1 Å². The van der Waals surface area contributed by atoms with Crippen molar-refractivity contribution in [1.29, 1.82) is 0 Å². The van der Waals surface area contributed by atoms with Crippen molar-refractivity contribution in [2.75, 3.05) is 11.1 Å². The predicted octanol–water partition coefficient (Wildman–Crippen LogP) is 4.70. The first-order valence-corrected chi connectivity index (χ1v) is 8.45. The number of thioether (sulfide) groups is 1. The summed E-state index contributed by atoms with van der Waals surface area (Å²) in [5, 5.41) is 3.05. The predicted molar refractivity (Wildman–Crippen MR) is 93.7 cm³/mol. The Morgan fingerprint density at radius 1 is 1.08 bits per heavy atom. The van der Waals surface area contributed by atoms with Crippen molar-refractivity contribution >= 4 is 34.3 Å². The van der Waals surface area contributed by atoms with Crippen molar-refractivity contribution in [2.45, 2.75) is 11.1 Å². The van der Waals surface area contributed by atoms with Crippen molar-refractivity contribution in [1.82, 2.24) is 0 Å². The molecule has 0 saturated heterocycles. The normalized spacial score (nSPS) is 11.5. The Bertz CT molecular complexity index is 1010. The number of benzene rings is 2. The lowest BCUT2D eigenvalue weighted by atomic mass is 10.1. The smallest absolute Gasteiger partial charge is 0.398 e. The van der Waals surface area contributed by atoms with Crippen LogP contribution in [0.1, 0.15) is 10.4 Å². The highest BCUT2D eigenvalue weighted by atomic mass is 32.2. The number of hydrogen-bond donors (Lipinski definition) is 1. The van der Waals surface area contributed by atoms with E-state index in [1.54, 1.807) is 36.4 Å². The molecule has 3 rings (SSSR count). The fourth-order valence-electron chi connectivity index (χ4n) is 2.27. The Hall–Kier alpha value is -2.74. The van der Waals surface area contributed by atoms with Crippen LogP contribution in [0.15, 0.2) is 68.7 Å². The molecule has 1 amide bonds. The molecule has 26 heavy (non-hydrogen) atoms. The van der Waals surface area contributed by atoms with E-state index in [1.807, 2.05) is 0 Å². The Labute approximate surface area is 150 Å². The minimum Gasteiger partial charge on any atom is -0.422 e. The molecule has 0 saturated carbocycles. The maximum atomic E-state index is 12.4. The topological polar surface area (TPSA) is 59.3 Å². The summed E-state index contributed by atoms with van der Waals surface area (Å²) < 4.78 is 42.4. The second kappa shape index (κ2) is 7.25. The molecular weight excluding hydrogens is 367 g/mol. The van der Waals surface area contributed by atoms with Gasteiger partial charge < -0.3 is 9.73 Å². The van der Waals surface area contributed by atoms with Crippen molar-refractivity contribution in [3.8, 4) is 0 Å². The first-order chi connectivity index (χ1) is 12.3. The standard InChI is InChI=1S/C18H12F3NO3S/c19-18(20,21)10-26-15-8-4-2-6-13(15)22-16(23)12-9-11-5-1-3-7-14(11)25-17(12)24/h1-9H,10H2,(H,22,23). The van der Waals surface area contributed by atoms with Gasteiger partial charge in [0.15, 0.2) is 0 Å². The van der Waals surface area contributed by atoms with E-state index in [-0.39, 0.29) is 16.1 Å². The van der Waals surface area contributed by atoms with Crippen LogP contribution in [0.2, 0.25) is 0 Å². The summed E-state index contributed by atoms with van der Waals surface area (Å²) >= 11 is 0.557. The minimum atomic E-state index is -4.33. The van der Waals surface area contributed by atoms with Gasteiger partial charge in [-0.15, -0.1) is 11.8 Å². The van der Waals surface area contributed by atoms with E-state index >= 15 is 0 Å². The van der Waals surface area contributed by atoms with Crippen LogP contribution in [0.25, 0.3) is 11.0 Å². The zero-order chi connectivity index (χ0) is 18.7. The Kier molecular flexibility index (Phi) is 5.03. The third kappa shape index (κ3) is 4.26. The summed E-state index contributed by atoms with van der Waals surface area (Å²) in [4.78, 5) is 24.7. The molecule has 0 bridgehead atoms. The van der Waals surface area contributed by atoms with Crippen molar-refractivity contribution in [3.63, 3.8) is 0 Å². The third-order valence-corrected chi connectivity index (χ3v) is 4.55.